The molecule has 1 rings (SSSR count). The van der Waals surface area contributed by atoms with Crippen LogP contribution in [0.25, 0.3) is 0 Å². The smallest absolute Gasteiger partial charge is 0.336 e. The van der Waals surface area contributed by atoms with Crippen molar-refractivity contribution in [1.29, 1.82) is 5.26 Å². The summed E-state index contributed by atoms with van der Waals surface area (Å²) in [5.74, 6) is -0.986. The van der Waals surface area contributed by atoms with Gasteiger partial charge in [0.05, 0.1) is 17.2 Å². The first-order valence-corrected chi connectivity index (χ1v) is 5.06. The number of hydrogen-bond acceptors (Lipinski definition) is 2. The second kappa shape index (κ2) is 3.97. The molecule has 0 aromatic heterocycles. The normalized spacial score (nSPS) is 10.9. The summed E-state index contributed by atoms with van der Waals surface area (Å²) >= 11 is 0. The average molecular weight is 217 g/mol. The fraction of sp³-hybridized carbons (Fsp3) is 0.385. The molecule has 16 heavy (non-hydrogen) atoms. The molecule has 1 N–H and O–H groups in total. The lowest BCUT2D eigenvalue weighted by Gasteiger charge is -2.23. The van der Waals surface area contributed by atoms with Gasteiger partial charge in [0.15, 0.2) is 0 Å². The molecule has 0 aliphatic heterocycles. The lowest BCUT2D eigenvalue weighted by molar-refractivity contribution is 0.0696. The van der Waals surface area contributed by atoms with Gasteiger partial charge in [-0.15, -0.1) is 0 Å². The molecule has 84 valence electrons. The van der Waals surface area contributed by atoms with Crippen molar-refractivity contribution < 1.29 is 9.90 Å². The summed E-state index contributed by atoms with van der Waals surface area (Å²) < 4.78 is 0. The number of carboxylic acids is 1. The fourth-order valence-electron chi connectivity index (χ4n) is 1.78. The lowest BCUT2D eigenvalue weighted by atomic mass is 9.81. The van der Waals surface area contributed by atoms with Gasteiger partial charge in [-0.05, 0) is 35.6 Å². The van der Waals surface area contributed by atoms with Crippen molar-refractivity contribution in [3.63, 3.8) is 0 Å². The van der Waals surface area contributed by atoms with Gasteiger partial charge < -0.3 is 5.11 Å². The van der Waals surface area contributed by atoms with Crippen molar-refractivity contribution >= 4 is 5.97 Å². The van der Waals surface area contributed by atoms with Crippen LogP contribution in [-0.2, 0) is 5.41 Å². The van der Waals surface area contributed by atoms with E-state index in [0.29, 0.717) is 5.56 Å². The van der Waals surface area contributed by atoms with E-state index in [2.05, 4.69) is 0 Å². The highest BCUT2D eigenvalue weighted by atomic mass is 16.4. The van der Waals surface area contributed by atoms with Gasteiger partial charge in [0.25, 0.3) is 0 Å². The molecule has 3 nitrogen and oxygen atoms in total. The lowest BCUT2D eigenvalue weighted by Crippen LogP contribution is -2.16. The molecule has 0 bridgehead atoms. The Bertz CT molecular complexity index is 476. The Morgan fingerprint density at radius 3 is 2.31 bits per heavy atom. The quantitative estimate of drug-likeness (QED) is 0.786. The topological polar surface area (TPSA) is 61.1 Å². The summed E-state index contributed by atoms with van der Waals surface area (Å²) in [5, 5.41) is 17.9. The third-order valence-electron chi connectivity index (χ3n) is 2.58. The minimum atomic E-state index is -0.986. The minimum absolute atomic E-state index is 0.166. The number of aromatic carboxylic acids is 1. The van der Waals surface area contributed by atoms with Crippen LogP contribution in [0.5, 0.6) is 0 Å². The molecule has 0 fully saturated rings. The Balaban J connectivity index is 3.58. The predicted molar refractivity (Wildman–Crippen MR) is 61.6 cm³/mol. The van der Waals surface area contributed by atoms with Crippen LogP contribution in [0.15, 0.2) is 12.1 Å². The zero-order chi connectivity index (χ0) is 12.5. The van der Waals surface area contributed by atoms with Crippen molar-refractivity contribution in [1.82, 2.24) is 0 Å². The van der Waals surface area contributed by atoms with Crippen LogP contribution < -0.4 is 0 Å². The molecule has 0 heterocycles. The van der Waals surface area contributed by atoms with Crippen molar-refractivity contribution in [3.05, 3.63) is 34.4 Å². The number of carboxylic acid groups (broad SMARTS) is 1. The summed E-state index contributed by atoms with van der Waals surface area (Å²) in [6.45, 7) is 7.79. The fourth-order valence-corrected chi connectivity index (χ4v) is 1.78. The molecule has 0 atom stereocenters. The van der Waals surface area contributed by atoms with Crippen LogP contribution in [-0.4, -0.2) is 11.1 Å². The zero-order valence-electron chi connectivity index (χ0n) is 9.96. The maximum Gasteiger partial charge on any atom is 0.336 e. The first-order valence-electron chi connectivity index (χ1n) is 5.06. The van der Waals surface area contributed by atoms with Gasteiger partial charge in [0, 0.05) is 0 Å². The number of rotatable bonds is 1. The maximum atomic E-state index is 11.1. The molecular weight excluding hydrogens is 202 g/mol. The van der Waals surface area contributed by atoms with E-state index in [0.717, 1.165) is 11.1 Å². The van der Waals surface area contributed by atoms with E-state index in [1.165, 1.54) is 6.07 Å². The molecule has 3 heteroatoms. The Kier molecular flexibility index (Phi) is 3.04. The molecule has 0 aliphatic carbocycles. The van der Waals surface area contributed by atoms with Gasteiger partial charge in [-0.2, -0.15) is 5.26 Å². The number of nitrogens with zero attached hydrogens (tertiary/aromatic N) is 1. The van der Waals surface area contributed by atoms with Crippen LogP contribution in [0.2, 0.25) is 0 Å². The minimum Gasteiger partial charge on any atom is -0.478 e. The van der Waals surface area contributed by atoms with Gasteiger partial charge in [-0.3, -0.25) is 0 Å². The molecule has 0 radical (unpaired) electrons. The van der Waals surface area contributed by atoms with Crippen molar-refractivity contribution in [2.24, 2.45) is 0 Å². The third-order valence-corrected chi connectivity index (χ3v) is 2.58. The predicted octanol–water partition coefficient (Wildman–Crippen LogP) is 2.86. The Morgan fingerprint density at radius 2 is 1.94 bits per heavy atom. The summed E-state index contributed by atoms with van der Waals surface area (Å²) in [5.41, 5.74) is 2.08. The second-order valence-electron chi connectivity index (χ2n) is 4.86. The van der Waals surface area contributed by atoms with Crippen LogP contribution in [0.3, 0.4) is 0 Å². The summed E-state index contributed by atoms with van der Waals surface area (Å²) in [4.78, 5) is 11.1. The number of benzene rings is 1. The monoisotopic (exact) mass is 217 g/mol. The Labute approximate surface area is 95.3 Å². The van der Waals surface area contributed by atoms with Gasteiger partial charge in [0.2, 0.25) is 0 Å². The van der Waals surface area contributed by atoms with E-state index in [1.54, 1.807) is 13.0 Å². The Morgan fingerprint density at radius 1 is 1.38 bits per heavy atom. The van der Waals surface area contributed by atoms with Gasteiger partial charge >= 0.3 is 5.97 Å². The number of carbonyl (C=O) groups is 1. The standard InChI is InChI=1S/C13H15NO2/c1-8-10(12(15)16)5-9(7-14)6-11(8)13(2,3)4/h5-6H,1-4H3,(H,15,16). The van der Waals surface area contributed by atoms with Gasteiger partial charge in [-0.1, -0.05) is 20.8 Å². The molecule has 0 saturated heterocycles. The third kappa shape index (κ3) is 2.22. The SMILES string of the molecule is Cc1c(C(=O)O)cc(C#N)cc1C(C)(C)C. The average Bonchev–Trinajstić information content (AvgIpc) is 2.15. The summed E-state index contributed by atoms with van der Waals surface area (Å²) in [6.07, 6.45) is 0. The van der Waals surface area contributed by atoms with Crippen LogP contribution in [0.1, 0.15) is 47.8 Å². The van der Waals surface area contributed by atoms with Gasteiger partial charge in [-0.25, -0.2) is 4.79 Å². The highest BCUT2D eigenvalue weighted by Gasteiger charge is 2.21. The van der Waals surface area contributed by atoms with Crippen LogP contribution in [0.4, 0.5) is 0 Å². The van der Waals surface area contributed by atoms with E-state index in [4.69, 9.17) is 10.4 Å². The molecule has 0 amide bonds. The molecule has 0 unspecified atom stereocenters. The molecule has 0 aliphatic rings. The first kappa shape index (κ1) is 12.3. The molecule has 0 saturated carbocycles. The highest BCUT2D eigenvalue weighted by molar-refractivity contribution is 5.90. The van der Waals surface area contributed by atoms with E-state index in [-0.39, 0.29) is 11.0 Å². The first-order chi connectivity index (χ1) is 7.27. The van der Waals surface area contributed by atoms with Crippen LogP contribution in [0, 0.1) is 18.3 Å². The molecule has 1 aromatic rings. The Hall–Kier alpha value is -1.82. The summed E-state index contributed by atoms with van der Waals surface area (Å²) in [6, 6.07) is 5.19. The van der Waals surface area contributed by atoms with Crippen molar-refractivity contribution in [2.45, 2.75) is 33.1 Å². The zero-order valence-corrected chi connectivity index (χ0v) is 9.96. The van der Waals surface area contributed by atoms with Crippen LogP contribution >= 0.6 is 0 Å². The summed E-state index contributed by atoms with van der Waals surface area (Å²) in [7, 11) is 0. The van der Waals surface area contributed by atoms with Gasteiger partial charge in [0.1, 0.15) is 0 Å². The highest BCUT2D eigenvalue weighted by Crippen LogP contribution is 2.28. The van der Waals surface area contributed by atoms with E-state index < -0.39 is 5.97 Å². The number of hydrogen-bond donors (Lipinski definition) is 1. The molecular formula is C13H15NO2. The molecule has 1 aromatic carbocycles. The van der Waals surface area contributed by atoms with Crippen molar-refractivity contribution in [3.8, 4) is 6.07 Å². The maximum absolute atomic E-state index is 11.1. The van der Waals surface area contributed by atoms with E-state index in [1.807, 2.05) is 26.8 Å². The molecule has 0 spiro atoms. The second-order valence-corrected chi connectivity index (χ2v) is 4.86. The largest absolute Gasteiger partial charge is 0.478 e. The van der Waals surface area contributed by atoms with Crippen molar-refractivity contribution in [2.75, 3.05) is 0 Å². The number of nitriles is 1. The van der Waals surface area contributed by atoms with E-state index >= 15 is 0 Å². The van der Waals surface area contributed by atoms with E-state index in [9.17, 15) is 4.79 Å².